The number of hydrogen-bond acceptors (Lipinski definition) is 10. The fourth-order valence-corrected chi connectivity index (χ4v) is 6.60. The molecule has 230 valence electrons. The zero-order valence-electron chi connectivity index (χ0n) is 25.9. The Labute approximate surface area is 267 Å². The average Bonchev–Trinajstić information content (AvgIpc) is 3.55. The minimum absolute atomic E-state index is 0.482. The number of nitrogens with zero attached hydrogens (tertiary/aromatic N) is 7. The Bertz CT molecular complexity index is 1760. The molecule has 0 amide bonds. The highest BCUT2D eigenvalue weighted by Crippen LogP contribution is 2.41. The number of rotatable bonds is 8. The topological polar surface area (TPSA) is 90.7 Å². The van der Waals surface area contributed by atoms with Crippen LogP contribution < -0.4 is 24.0 Å². The standard InChI is InChI=1S/C34H35N7O3S/c1-42-28-17-26(18-29(43-2)31(28)44-3)27-19-30(45-4)41(38-27)34-36-32(39-15-13-22-9-5-7-11-24(22)20-39)35-33(37-34)40-16-14-23-10-6-8-12-25(23)21-40/h5-12,17-19H,13-16,20-21H2,1-4H3. The third-order valence-electron chi connectivity index (χ3n) is 8.46. The lowest BCUT2D eigenvalue weighted by Crippen LogP contribution is -2.35. The van der Waals surface area contributed by atoms with Gasteiger partial charge in [0.1, 0.15) is 5.03 Å². The monoisotopic (exact) mass is 621 g/mol. The summed E-state index contributed by atoms with van der Waals surface area (Å²) in [6.45, 7) is 3.14. The van der Waals surface area contributed by atoms with Gasteiger partial charge in [-0.25, -0.2) is 0 Å². The predicted molar refractivity (Wildman–Crippen MR) is 176 cm³/mol. The van der Waals surface area contributed by atoms with E-state index in [1.165, 1.54) is 22.3 Å². The molecule has 0 aliphatic carbocycles. The Hall–Kier alpha value is -4.77. The second kappa shape index (κ2) is 12.3. The fraction of sp³-hybridized carbons (Fsp3) is 0.294. The highest BCUT2D eigenvalue weighted by atomic mass is 32.2. The summed E-state index contributed by atoms with van der Waals surface area (Å²) in [6.07, 6.45) is 3.90. The molecule has 0 radical (unpaired) electrons. The van der Waals surface area contributed by atoms with Crippen LogP contribution in [0.3, 0.4) is 0 Å². The van der Waals surface area contributed by atoms with E-state index >= 15 is 0 Å². The molecule has 0 unspecified atom stereocenters. The number of ether oxygens (including phenoxy) is 3. The van der Waals surface area contributed by atoms with Crippen LogP contribution in [0.1, 0.15) is 22.3 Å². The van der Waals surface area contributed by atoms with Crippen molar-refractivity contribution in [2.75, 3.05) is 50.5 Å². The van der Waals surface area contributed by atoms with Crippen molar-refractivity contribution < 1.29 is 14.2 Å². The summed E-state index contributed by atoms with van der Waals surface area (Å²) in [5, 5.41) is 5.92. The number of anilines is 2. The number of fused-ring (bicyclic) bond motifs is 2. The molecule has 0 fully saturated rings. The Balaban J connectivity index is 1.32. The Morgan fingerprint density at radius 3 is 1.64 bits per heavy atom. The molecule has 10 nitrogen and oxygen atoms in total. The van der Waals surface area contributed by atoms with Crippen LogP contribution >= 0.6 is 11.8 Å². The van der Waals surface area contributed by atoms with E-state index in [2.05, 4.69) is 58.3 Å². The smallest absolute Gasteiger partial charge is 0.258 e. The van der Waals surface area contributed by atoms with Crippen molar-refractivity contribution in [1.82, 2.24) is 24.7 Å². The number of benzene rings is 3. The van der Waals surface area contributed by atoms with Crippen molar-refractivity contribution >= 4 is 23.7 Å². The molecular formula is C34H35N7O3S. The van der Waals surface area contributed by atoms with Crippen LogP contribution in [0.15, 0.2) is 71.8 Å². The van der Waals surface area contributed by atoms with Crippen molar-refractivity contribution in [3.8, 4) is 34.5 Å². The highest BCUT2D eigenvalue weighted by Gasteiger charge is 2.26. The van der Waals surface area contributed by atoms with Gasteiger partial charge in [-0.15, -0.1) is 11.8 Å². The van der Waals surface area contributed by atoms with Gasteiger partial charge in [-0.2, -0.15) is 24.7 Å². The SMILES string of the molecule is COc1cc(-c2cc(SC)n(-c3nc(N4CCc5ccccc5C4)nc(N4CCc5ccccc5C4)n3)n2)cc(OC)c1OC. The molecular weight excluding hydrogens is 586 g/mol. The third kappa shape index (κ3) is 5.52. The number of hydrogen-bond donors (Lipinski definition) is 0. The van der Waals surface area contributed by atoms with Gasteiger partial charge >= 0.3 is 0 Å². The van der Waals surface area contributed by atoms with Crippen LogP contribution in [0.4, 0.5) is 11.9 Å². The highest BCUT2D eigenvalue weighted by molar-refractivity contribution is 7.98. The van der Waals surface area contributed by atoms with Crippen LogP contribution in [0, 0.1) is 0 Å². The van der Waals surface area contributed by atoms with E-state index in [4.69, 9.17) is 34.3 Å². The molecule has 2 aliphatic rings. The minimum Gasteiger partial charge on any atom is -0.493 e. The van der Waals surface area contributed by atoms with Gasteiger partial charge in [-0.3, -0.25) is 0 Å². The van der Waals surface area contributed by atoms with Crippen LogP contribution in [0.5, 0.6) is 17.2 Å². The van der Waals surface area contributed by atoms with Crippen LogP contribution in [0.25, 0.3) is 17.2 Å². The number of thioether (sulfide) groups is 1. The van der Waals surface area contributed by atoms with Gasteiger partial charge < -0.3 is 24.0 Å². The summed E-state index contributed by atoms with van der Waals surface area (Å²) in [7, 11) is 4.82. The van der Waals surface area contributed by atoms with E-state index in [9.17, 15) is 0 Å². The molecule has 0 spiro atoms. The molecule has 0 atom stereocenters. The predicted octanol–water partition coefficient (Wildman–Crippen LogP) is 5.60. The Morgan fingerprint density at radius 1 is 0.644 bits per heavy atom. The van der Waals surface area contributed by atoms with Gasteiger partial charge in [0.25, 0.3) is 5.95 Å². The molecule has 2 aliphatic heterocycles. The maximum Gasteiger partial charge on any atom is 0.258 e. The zero-order chi connectivity index (χ0) is 30.9. The average molecular weight is 622 g/mol. The molecule has 0 saturated carbocycles. The molecule has 7 rings (SSSR count). The molecule has 0 saturated heterocycles. The van der Waals surface area contributed by atoms with Crippen LogP contribution in [-0.2, 0) is 25.9 Å². The van der Waals surface area contributed by atoms with Crippen molar-refractivity contribution in [3.05, 3.63) is 89.0 Å². The first-order valence-electron chi connectivity index (χ1n) is 14.9. The van der Waals surface area contributed by atoms with Crippen molar-refractivity contribution in [2.45, 2.75) is 31.0 Å². The summed E-state index contributed by atoms with van der Waals surface area (Å²) in [5.41, 5.74) is 6.92. The fourth-order valence-electron chi connectivity index (χ4n) is 6.08. The van der Waals surface area contributed by atoms with E-state index in [-0.39, 0.29) is 0 Å². The quantitative estimate of drug-likeness (QED) is 0.204. The van der Waals surface area contributed by atoms with E-state index in [0.717, 1.165) is 55.3 Å². The molecule has 2 aromatic heterocycles. The summed E-state index contributed by atoms with van der Waals surface area (Å²) in [6, 6.07) is 23.0. The summed E-state index contributed by atoms with van der Waals surface area (Å²) in [4.78, 5) is 19.7. The van der Waals surface area contributed by atoms with E-state index in [0.29, 0.717) is 35.1 Å². The van der Waals surface area contributed by atoms with Crippen molar-refractivity contribution in [3.63, 3.8) is 0 Å². The lowest BCUT2D eigenvalue weighted by Gasteiger charge is -2.32. The van der Waals surface area contributed by atoms with Gasteiger partial charge in [0, 0.05) is 31.7 Å². The maximum atomic E-state index is 5.62. The van der Waals surface area contributed by atoms with E-state index < -0.39 is 0 Å². The molecule has 45 heavy (non-hydrogen) atoms. The van der Waals surface area contributed by atoms with Gasteiger partial charge in [0.15, 0.2) is 11.5 Å². The lowest BCUT2D eigenvalue weighted by atomic mass is 10.0. The van der Waals surface area contributed by atoms with E-state index in [1.54, 1.807) is 33.1 Å². The second-order valence-electron chi connectivity index (χ2n) is 11.0. The maximum absolute atomic E-state index is 5.62. The molecule has 3 aromatic carbocycles. The summed E-state index contributed by atoms with van der Waals surface area (Å²) in [5.74, 6) is 3.45. The van der Waals surface area contributed by atoms with Gasteiger partial charge in [0.05, 0.1) is 27.0 Å². The van der Waals surface area contributed by atoms with Gasteiger partial charge in [0.2, 0.25) is 17.6 Å². The largest absolute Gasteiger partial charge is 0.493 e. The minimum atomic E-state index is 0.482. The molecule has 5 aromatic rings. The second-order valence-corrected chi connectivity index (χ2v) is 11.8. The van der Waals surface area contributed by atoms with Crippen LogP contribution in [0.2, 0.25) is 0 Å². The number of methoxy groups -OCH3 is 3. The first-order chi connectivity index (χ1) is 22.1. The van der Waals surface area contributed by atoms with Crippen molar-refractivity contribution in [1.29, 1.82) is 0 Å². The molecule has 0 bridgehead atoms. The van der Waals surface area contributed by atoms with Crippen molar-refractivity contribution in [2.24, 2.45) is 0 Å². The zero-order valence-corrected chi connectivity index (χ0v) is 26.7. The van der Waals surface area contributed by atoms with Gasteiger partial charge in [-0.05, 0) is 59.6 Å². The van der Waals surface area contributed by atoms with E-state index in [1.807, 2.05) is 29.1 Å². The normalized spacial score (nSPS) is 14.1. The first kappa shape index (κ1) is 29.0. The van der Waals surface area contributed by atoms with Crippen LogP contribution in [-0.4, -0.2) is 65.4 Å². The summed E-state index contributed by atoms with van der Waals surface area (Å²) >= 11 is 1.58. The summed E-state index contributed by atoms with van der Waals surface area (Å²) < 4.78 is 18.6. The number of aromatic nitrogens is 5. The molecule has 0 N–H and O–H groups in total. The Morgan fingerprint density at radius 2 is 1.16 bits per heavy atom. The molecule has 11 heteroatoms. The third-order valence-corrected chi connectivity index (χ3v) is 9.17. The first-order valence-corrected chi connectivity index (χ1v) is 16.1. The Kier molecular flexibility index (Phi) is 7.93. The lowest BCUT2D eigenvalue weighted by molar-refractivity contribution is 0.324. The molecule has 4 heterocycles. The van der Waals surface area contributed by atoms with Gasteiger partial charge in [-0.1, -0.05) is 48.5 Å².